The third kappa shape index (κ3) is 4.62. The van der Waals surface area contributed by atoms with Crippen molar-refractivity contribution in [3.05, 3.63) is 83.4 Å². The van der Waals surface area contributed by atoms with Crippen LogP contribution in [0.2, 0.25) is 0 Å². The molecule has 1 N–H and O–H groups in total. The molecular formula is C28H26N4O5S2. The van der Waals surface area contributed by atoms with Gasteiger partial charge in [-0.1, -0.05) is 35.6 Å². The number of hydrogen-bond donors (Lipinski definition) is 1. The van der Waals surface area contributed by atoms with Gasteiger partial charge in [-0.05, 0) is 70.2 Å². The predicted molar refractivity (Wildman–Crippen MR) is 151 cm³/mol. The Morgan fingerprint density at radius 1 is 0.897 bits per heavy atom. The summed E-state index contributed by atoms with van der Waals surface area (Å²) in [5.41, 5.74) is 1.38. The molecule has 0 unspecified atom stereocenters. The molecule has 0 saturated carbocycles. The van der Waals surface area contributed by atoms with Crippen LogP contribution in [0.15, 0.2) is 71.6 Å². The number of thiazole rings is 1. The first kappa shape index (κ1) is 26.7. The van der Waals surface area contributed by atoms with E-state index in [0.29, 0.717) is 10.2 Å². The number of sulfonamides is 1. The fourth-order valence-corrected chi connectivity index (χ4v) is 7.66. The van der Waals surface area contributed by atoms with Gasteiger partial charge in [-0.15, -0.1) is 0 Å². The van der Waals surface area contributed by atoms with E-state index in [1.54, 1.807) is 54.6 Å². The summed E-state index contributed by atoms with van der Waals surface area (Å²) in [7, 11) is -3.74. The Labute approximate surface area is 230 Å². The maximum Gasteiger partial charge on any atom is 0.266 e. The molecule has 0 bridgehead atoms. The number of carbonyl (C=O) groups is 3. The summed E-state index contributed by atoms with van der Waals surface area (Å²) in [6.07, 6.45) is 0. The molecule has 11 heteroatoms. The molecule has 5 rings (SSSR count). The summed E-state index contributed by atoms with van der Waals surface area (Å²) in [5, 5.41) is 2.99. The van der Waals surface area contributed by atoms with Crippen LogP contribution in [0.25, 0.3) is 10.2 Å². The number of rotatable bonds is 7. The lowest BCUT2D eigenvalue weighted by molar-refractivity contribution is 0.0926. The third-order valence-electron chi connectivity index (χ3n) is 6.36. The normalized spacial score (nSPS) is 13.7. The van der Waals surface area contributed by atoms with Gasteiger partial charge in [-0.3, -0.25) is 19.7 Å². The van der Waals surface area contributed by atoms with Gasteiger partial charge in [0.2, 0.25) is 10.0 Å². The Bertz CT molecular complexity index is 1700. The van der Waals surface area contributed by atoms with Crippen LogP contribution in [0.4, 0.5) is 10.8 Å². The smallest absolute Gasteiger partial charge is 0.266 e. The number of hydrogen-bond acceptors (Lipinski definition) is 7. The minimum Gasteiger partial charge on any atom is -0.298 e. The fourth-order valence-electron chi connectivity index (χ4n) is 4.83. The van der Waals surface area contributed by atoms with Gasteiger partial charge >= 0.3 is 0 Å². The van der Waals surface area contributed by atoms with Gasteiger partial charge in [0.1, 0.15) is 0 Å². The van der Waals surface area contributed by atoms with Crippen molar-refractivity contribution in [1.29, 1.82) is 0 Å². The molecule has 3 aromatic carbocycles. The quantitative estimate of drug-likeness (QED) is 0.311. The molecule has 4 aromatic rings. The van der Waals surface area contributed by atoms with Gasteiger partial charge in [0.25, 0.3) is 17.7 Å². The molecule has 9 nitrogen and oxygen atoms in total. The Morgan fingerprint density at radius 2 is 1.49 bits per heavy atom. The van der Waals surface area contributed by atoms with Gasteiger partial charge in [-0.2, -0.15) is 4.31 Å². The lowest BCUT2D eigenvalue weighted by Crippen LogP contribution is -2.41. The van der Waals surface area contributed by atoms with Gasteiger partial charge < -0.3 is 0 Å². The number of nitrogens with zero attached hydrogens (tertiary/aromatic N) is 3. The number of benzene rings is 3. The van der Waals surface area contributed by atoms with Crippen LogP contribution in [-0.2, 0) is 10.0 Å². The first-order chi connectivity index (χ1) is 18.5. The number of fused-ring (bicyclic) bond motifs is 2. The van der Waals surface area contributed by atoms with E-state index in [9.17, 15) is 22.8 Å². The second kappa shape index (κ2) is 9.99. The number of para-hydroxylation sites is 1. The molecule has 0 aliphatic carbocycles. The first-order valence-corrected chi connectivity index (χ1v) is 14.6. The highest BCUT2D eigenvalue weighted by Gasteiger charge is 2.38. The van der Waals surface area contributed by atoms with Crippen molar-refractivity contribution in [2.45, 2.75) is 44.7 Å². The largest absolute Gasteiger partial charge is 0.298 e. The maximum absolute atomic E-state index is 13.3. The topological polar surface area (TPSA) is 117 Å². The maximum atomic E-state index is 13.3. The van der Waals surface area contributed by atoms with Crippen LogP contribution in [0.3, 0.4) is 0 Å². The monoisotopic (exact) mass is 562 g/mol. The van der Waals surface area contributed by atoms with Crippen LogP contribution in [0, 0.1) is 0 Å². The standard InChI is InChI=1S/C28H26N4O5S2/c1-16(2)32(17(3)4)39(36,37)18-13-14-22-24(15-18)38-28(29-22)30-25(33)21-11-7-8-12-23(21)31-26(34)19-9-5-6-10-20(19)27(31)35/h5-17H,1-4H3,(H,29,30,33). The zero-order chi connectivity index (χ0) is 28.1. The highest BCUT2D eigenvalue weighted by atomic mass is 32.2. The van der Waals surface area contributed by atoms with Gasteiger partial charge in [0.15, 0.2) is 5.13 Å². The summed E-state index contributed by atoms with van der Waals surface area (Å²) < 4.78 is 28.7. The molecule has 1 aromatic heterocycles. The SMILES string of the molecule is CC(C)N(C(C)C)S(=O)(=O)c1ccc2nc(NC(=O)c3ccccc3N3C(=O)c4ccccc4C3=O)sc2c1. The molecule has 2 heterocycles. The van der Waals surface area contributed by atoms with Crippen molar-refractivity contribution >= 4 is 60.1 Å². The van der Waals surface area contributed by atoms with E-state index in [0.717, 1.165) is 16.2 Å². The van der Waals surface area contributed by atoms with E-state index in [2.05, 4.69) is 10.3 Å². The lowest BCUT2D eigenvalue weighted by Gasteiger charge is -2.29. The van der Waals surface area contributed by atoms with E-state index in [-0.39, 0.29) is 44.5 Å². The van der Waals surface area contributed by atoms with Crippen molar-refractivity contribution in [3.8, 4) is 0 Å². The molecule has 0 spiro atoms. The Balaban J connectivity index is 1.44. The van der Waals surface area contributed by atoms with Crippen LogP contribution in [0.5, 0.6) is 0 Å². The first-order valence-electron chi connectivity index (χ1n) is 12.3. The molecule has 200 valence electrons. The van der Waals surface area contributed by atoms with E-state index in [1.165, 1.54) is 16.4 Å². The molecule has 3 amide bonds. The number of amides is 3. The molecule has 0 radical (unpaired) electrons. The minimum atomic E-state index is -3.74. The fraction of sp³-hybridized carbons (Fsp3) is 0.214. The summed E-state index contributed by atoms with van der Waals surface area (Å²) >= 11 is 1.13. The molecule has 0 fully saturated rings. The lowest BCUT2D eigenvalue weighted by atomic mass is 10.1. The van der Waals surface area contributed by atoms with Gasteiger partial charge in [0.05, 0.1) is 37.5 Å². The zero-order valence-electron chi connectivity index (χ0n) is 21.7. The highest BCUT2D eigenvalue weighted by Crippen LogP contribution is 2.33. The number of nitrogens with one attached hydrogen (secondary N) is 1. The van der Waals surface area contributed by atoms with Gasteiger partial charge in [-0.25, -0.2) is 18.3 Å². The number of carbonyl (C=O) groups excluding carboxylic acids is 3. The average molecular weight is 563 g/mol. The molecule has 1 aliphatic rings. The number of aromatic nitrogens is 1. The Kier molecular flexibility index (Phi) is 6.83. The molecule has 39 heavy (non-hydrogen) atoms. The zero-order valence-corrected chi connectivity index (χ0v) is 23.3. The Hall–Kier alpha value is -3.93. The third-order valence-corrected chi connectivity index (χ3v) is 9.54. The molecule has 0 saturated heterocycles. The second-order valence-electron chi connectivity index (χ2n) is 9.63. The average Bonchev–Trinajstić information content (AvgIpc) is 3.40. The number of imide groups is 1. The number of anilines is 2. The summed E-state index contributed by atoms with van der Waals surface area (Å²) in [6, 6.07) is 17.1. The molecule has 0 atom stereocenters. The summed E-state index contributed by atoms with van der Waals surface area (Å²) in [6.45, 7) is 7.32. The van der Waals surface area contributed by atoms with Crippen molar-refractivity contribution in [3.63, 3.8) is 0 Å². The predicted octanol–water partition coefficient (Wildman–Crippen LogP) is 5.16. The van der Waals surface area contributed by atoms with Crippen molar-refractivity contribution in [1.82, 2.24) is 9.29 Å². The van der Waals surface area contributed by atoms with E-state index in [4.69, 9.17) is 0 Å². The van der Waals surface area contributed by atoms with Crippen LogP contribution >= 0.6 is 11.3 Å². The molecule has 1 aliphatic heterocycles. The molecular weight excluding hydrogens is 536 g/mol. The van der Waals surface area contributed by atoms with Crippen LogP contribution in [-0.4, -0.2) is 47.5 Å². The van der Waals surface area contributed by atoms with Crippen molar-refractivity contribution in [2.75, 3.05) is 10.2 Å². The van der Waals surface area contributed by atoms with Gasteiger partial charge in [0, 0.05) is 12.1 Å². The summed E-state index contributed by atoms with van der Waals surface area (Å²) in [5.74, 6) is -1.55. The second-order valence-corrected chi connectivity index (χ2v) is 12.5. The highest BCUT2D eigenvalue weighted by molar-refractivity contribution is 7.89. The van der Waals surface area contributed by atoms with E-state index >= 15 is 0 Å². The van der Waals surface area contributed by atoms with E-state index < -0.39 is 27.7 Å². The van der Waals surface area contributed by atoms with E-state index in [1.807, 2.05) is 27.7 Å². The van der Waals surface area contributed by atoms with Crippen molar-refractivity contribution < 1.29 is 22.8 Å². The van der Waals surface area contributed by atoms with Crippen LogP contribution in [0.1, 0.15) is 58.8 Å². The Morgan fingerprint density at radius 3 is 2.10 bits per heavy atom. The van der Waals surface area contributed by atoms with Crippen LogP contribution < -0.4 is 10.2 Å². The summed E-state index contributed by atoms with van der Waals surface area (Å²) in [4.78, 5) is 44.9. The minimum absolute atomic E-state index is 0.124. The van der Waals surface area contributed by atoms with Crippen molar-refractivity contribution in [2.24, 2.45) is 0 Å².